The maximum absolute atomic E-state index is 14.4. The lowest BCUT2D eigenvalue weighted by Gasteiger charge is -2.27. The fraction of sp³-hybridized carbons (Fsp3) is 0.364. The van der Waals surface area contributed by atoms with Crippen molar-refractivity contribution < 1.29 is 27.8 Å². The van der Waals surface area contributed by atoms with E-state index in [-0.39, 0.29) is 31.1 Å². The highest BCUT2D eigenvalue weighted by Crippen LogP contribution is 2.43. The van der Waals surface area contributed by atoms with Crippen LogP contribution in [0.15, 0.2) is 48.5 Å². The number of nitrogens with zero attached hydrogens (tertiary/aromatic N) is 1. The van der Waals surface area contributed by atoms with Crippen LogP contribution in [0.25, 0.3) is 0 Å². The Balaban J connectivity index is 1.53. The molecule has 0 bridgehead atoms. The van der Waals surface area contributed by atoms with Crippen LogP contribution in [0.2, 0.25) is 0 Å². The third kappa shape index (κ3) is 3.94. The first-order chi connectivity index (χ1) is 14.4. The molecule has 2 aliphatic heterocycles. The van der Waals surface area contributed by atoms with E-state index in [1.807, 2.05) is 30.3 Å². The molecule has 0 N–H and O–H groups in total. The number of alkyl halides is 1. The number of carbonyl (C=O) groups excluding carboxylic acids is 2. The molecule has 2 aromatic carbocycles. The molecule has 0 aromatic heterocycles. The van der Waals surface area contributed by atoms with Crippen LogP contribution >= 0.6 is 22.6 Å². The van der Waals surface area contributed by atoms with E-state index in [1.165, 1.54) is 17.0 Å². The lowest BCUT2D eigenvalue weighted by atomic mass is 9.88. The number of imide groups is 1. The molecule has 2 aromatic rings. The third-order valence-corrected chi connectivity index (χ3v) is 6.87. The Morgan fingerprint density at radius 3 is 2.63 bits per heavy atom. The number of amides is 2. The third-order valence-electron chi connectivity index (χ3n) is 5.64. The molecule has 2 heterocycles. The molecule has 0 aliphatic carbocycles. The molecule has 5 nitrogen and oxygen atoms in total. The van der Waals surface area contributed by atoms with Gasteiger partial charge in [-0.3, -0.25) is 4.79 Å². The minimum absolute atomic E-state index is 0.0560. The molecule has 0 radical (unpaired) electrons. The van der Waals surface area contributed by atoms with Crippen molar-refractivity contribution >= 4 is 34.6 Å². The van der Waals surface area contributed by atoms with E-state index in [4.69, 9.17) is 9.47 Å². The van der Waals surface area contributed by atoms with Gasteiger partial charge in [-0.25, -0.2) is 18.5 Å². The van der Waals surface area contributed by atoms with E-state index in [9.17, 15) is 18.4 Å². The van der Waals surface area contributed by atoms with E-state index in [1.54, 1.807) is 0 Å². The first-order valence-corrected chi connectivity index (χ1v) is 11.2. The molecule has 0 spiro atoms. The highest BCUT2D eigenvalue weighted by molar-refractivity contribution is 14.1. The Morgan fingerprint density at radius 1 is 1.17 bits per heavy atom. The maximum atomic E-state index is 14.4. The minimum Gasteiger partial charge on any atom is -0.447 e. The smallest absolute Gasteiger partial charge is 0.416 e. The predicted octanol–water partition coefficient (Wildman–Crippen LogP) is 4.22. The summed E-state index contributed by atoms with van der Waals surface area (Å²) in [5, 5.41) is 0. The van der Waals surface area contributed by atoms with Crippen molar-refractivity contribution in [1.29, 1.82) is 0 Å². The summed E-state index contributed by atoms with van der Waals surface area (Å²) in [6.45, 7) is 0.192. The minimum atomic E-state index is -1.04. The predicted molar refractivity (Wildman–Crippen MR) is 113 cm³/mol. The number of hydrogen-bond acceptors (Lipinski definition) is 4. The monoisotopic (exact) mass is 527 g/mol. The van der Waals surface area contributed by atoms with Crippen LogP contribution in [-0.4, -0.2) is 40.6 Å². The highest BCUT2D eigenvalue weighted by atomic mass is 127. The number of cyclic esters (lactones) is 1. The normalized spacial score (nSPS) is 26.1. The lowest BCUT2D eigenvalue weighted by molar-refractivity contribution is -0.133. The van der Waals surface area contributed by atoms with E-state index in [0.29, 0.717) is 10.8 Å². The van der Waals surface area contributed by atoms with Gasteiger partial charge in [-0.05, 0) is 24.5 Å². The first kappa shape index (κ1) is 21.2. The summed E-state index contributed by atoms with van der Waals surface area (Å²) in [5.41, 5.74) is 0.173. The Kier molecular flexibility index (Phi) is 6.06. The number of carbonyl (C=O) groups is 2. The van der Waals surface area contributed by atoms with Crippen molar-refractivity contribution in [1.82, 2.24) is 4.90 Å². The van der Waals surface area contributed by atoms with E-state index in [0.717, 1.165) is 11.6 Å². The quantitative estimate of drug-likeness (QED) is 0.432. The lowest BCUT2D eigenvalue weighted by Crippen LogP contribution is -2.44. The number of rotatable bonds is 5. The van der Waals surface area contributed by atoms with Crippen molar-refractivity contribution in [2.75, 3.05) is 17.6 Å². The van der Waals surface area contributed by atoms with Gasteiger partial charge in [-0.2, -0.15) is 0 Å². The Bertz CT molecular complexity index is 957. The summed E-state index contributed by atoms with van der Waals surface area (Å²) in [6, 6.07) is 12.5. The molecular weight excluding hydrogens is 507 g/mol. The van der Waals surface area contributed by atoms with E-state index >= 15 is 0 Å². The fourth-order valence-electron chi connectivity index (χ4n) is 4.11. The van der Waals surface area contributed by atoms with Crippen LogP contribution < -0.4 is 0 Å². The Labute approximate surface area is 186 Å². The van der Waals surface area contributed by atoms with Gasteiger partial charge in [-0.15, -0.1) is 0 Å². The van der Waals surface area contributed by atoms with Crippen molar-refractivity contribution in [2.45, 2.75) is 24.5 Å². The van der Waals surface area contributed by atoms with Crippen LogP contribution in [0.3, 0.4) is 0 Å². The average Bonchev–Trinajstić information content (AvgIpc) is 3.33. The van der Waals surface area contributed by atoms with Gasteiger partial charge in [0.1, 0.15) is 23.8 Å². The maximum Gasteiger partial charge on any atom is 0.416 e. The second-order valence-corrected chi connectivity index (χ2v) is 8.36. The fourth-order valence-corrected chi connectivity index (χ4v) is 5.05. The van der Waals surface area contributed by atoms with Crippen molar-refractivity contribution in [2.24, 2.45) is 5.92 Å². The molecule has 2 aliphatic rings. The van der Waals surface area contributed by atoms with E-state index < -0.39 is 35.3 Å². The second kappa shape index (κ2) is 8.58. The van der Waals surface area contributed by atoms with Crippen LogP contribution in [0.1, 0.15) is 17.5 Å². The number of ether oxygens (including phenoxy) is 2. The highest BCUT2D eigenvalue weighted by Gasteiger charge is 2.49. The first-order valence-electron chi connectivity index (χ1n) is 9.63. The molecule has 0 saturated carbocycles. The van der Waals surface area contributed by atoms with Gasteiger partial charge in [0.2, 0.25) is 5.91 Å². The molecule has 8 heteroatoms. The number of hydrogen-bond donors (Lipinski definition) is 0. The summed E-state index contributed by atoms with van der Waals surface area (Å²) in [7, 11) is 0. The Morgan fingerprint density at radius 2 is 1.93 bits per heavy atom. The zero-order valence-electron chi connectivity index (χ0n) is 16.0. The number of halogens is 3. The standard InChI is InChI=1S/C22H20F2INO4/c23-16-6-7-18(19(24)9-16)22(13-25)10-15(11-30-22)20(27)26-17(12-29-21(26)28)8-14-4-2-1-3-5-14/h1-7,9,15,17H,8,10-13H2. The van der Waals surface area contributed by atoms with E-state index in [2.05, 4.69) is 22.6 Å². The van der Waals surface area contributed by atoms with Gasteiger partial charge in [0.05, 0.1) is 18.6 Å². The van der Waals surface area contributed by atoms with Crippen LogP contribution in [0, 0.1) is 17.6 Å². The summed E-state index contributed by atoms with van der Waals surface area (Å²) in [5.74, 6) is -2.38. The zero-order valence-corrected chi connectivity index (χ0v) is 18.2. The van der Waals surface area contributed by atoms with Crippen LogP contribution in [-0.2, 0) is 26.3 Å². The summed E-state index contributed by atoms with van der Waals surface area (Å²) in [6.07, 6.45) is 0.0376. The topological polar surface area (TPSA) is 55.8 Å². The molecule has 30 heavy (non-hydrogen) atoms. The second-order valence-electron chi connectivity index (χ2n) is 7.59. The molecule has 158 valence electrons. The Hall–Kier alpha value is -2.07. The number of benzene rings is 2. The molecule has 2 saturated heterocycles. The van der Waals surface area contributed by atoms with Crippen molar-refractivity contribution in [3.8, 4) is 0 Å². The molecule has 3 unspecified atom stereocenters. The zero-order chi connectivity index (χ0) is 21.3. The molecular formula is C22H20F2INO4. The largest absolute Gasteiger partial charge is 0.447 e. The van der Waals surface area contributed by atoms with Crippen LogP contribution in [0.4, 0.5) is 13.6 Å². The van der Waals surface area contributed by atoms with Gasteiger partial charge in [-0.1, -0.05) is 59.0 Å². The molecule has 2 fully saturated rings. The van der Waals surface area contributed by atoms with Gasteiger partial charge in [0, 0.05) is 16.1 Å². The molecule has 2 amide bonds. The van der Waals surface area contributed by atoms with Gasteiger partial charge in [0.15, 0.2) is 0 Å². The summed E-state index contributed by atoms with van der Waals surface area (Å²) in [4.78, 5) is 26.7. The van der Waals surface area contributed by atoms with Gasteiger partial charge < -0.3 is 9.47 Å². The SMILES string of the molecule is O=C1OCC(Cc2ccccc2)N1C(=O)C1COC(CI)(c2ccc(F)cc2F)C1. The summed E-state index contributed by atoms with van der Waals surface area (Å²) < 4.78 is 39.2. The summed E-state index contributed by atoms with van der Waals surface area (Å²) >= 11 is 2.07. The van der Waals surface area contributed by atoms with Crippen LogP contribution in [0.5, 0.6) is 0 Å². The molecule has 3 atom stereocenters. The van der Waals surface area contributed by atoms with Crippen molar-refractivity contribution in [3.05, 3.63) is 71.3 Å². The van der Waals surface area contributed by atoms with Crippen molar-refractivity contribution in [3.63, 3.8) is 0 Å². The average molecular weight is 527 g/mol. The van der Waals surface area contributed by atoms with Gasteiger partial charge in [0.25, 0.3) is 0 Å². The molecule has 4 rings (SSSR count). The van der Waals surface area contributed by atoms with Gasteiger partial charge >= 0.3 is 6.09 Å².